The molecule has 1 fully saturated rings. The van der Waals surface area contributed by atoms with E-state index in [2.05, 4.69) is 39.3 Å². The lowest BCUT2D eigenvalue weighted by Crippen LogP contribution is -2.44. The Hall–Kier alpha value is -2.93. The average Bonchev–Trinajstić information content (AvgIpc) is 2.74. The molecule has 154 valence electrons. The van der Waals surface area contributed by atoms with Crippen molar-refractivity contribution in [2.75, 3.05) is 49.6 Å². The molecule has 0 bridgehead atoms. The molecular formula is C22H29N5O2. The highest BCUT2D eigenvalue weighted by Gasteiger charge is 2.16. The zero-order valence-corrected chi connectivity index (χ0v) is 17.2. The van der Waals surface area contributed by atoms with Gasteiger partial charge in [0.1, 0.15) is 0 Å². The van der Waals surface area contributed by atoms with Crippen LogP contribution in [0, 0.1) is 0 Å². The van der Waals surface area contributed by atoms with Crippen molar-refractivity contribution in [2.24, 2.45) is 0 Å². The monoisotopic (exact) mass is 395 g/mol. The minimum absolute atomic E-state index is 0.0742. The summed E-state index contributed by atoms with van der Waals surface area (Å²) in [7, 11) is 2.14. The molecule has 1 N–H and O–H groups in total. The first-order chi connectivity index (χ1) is 14.0. The van der Waals surface area contributed by atoms with Gasteiger partial charge in [-0.25, -0.2) is 0 Å². The van der Waals surface area contributed by atoms with Crippen LogP contribution in [0.3, 0.4) is 0 Å². The minimum atomic E-state index is -0.101. The number of hydrogen-bond donors (Lipinski definition) is 1. The number of carbonyl (C=O) groups is 2. The molecule has 0 saturated carbocycles. The first-order valence-corrected chi connectivity index (χ1v) is 10.0. The second kappa shape index (κ2) is 10.0. The molecule has 2 heterocycles. The van der Waals surface area contributed by atoms with Gasteiger partial charge in [0, 0.05) is 63.6 Å². The highest BCUT2D eigenvalue weighted by Crippen LogP contribution is 2.22. The molecule has 7 heteroatoms. The maximum Gasteiger partial charge on any atom is 0.223 e. The lowest BCUT2D eigenvalue weighted by atomic mass is 10.2. The van der Waals surface area contributed by atoms with E-state index in [9.17, 15) is 9.59 Å². The maximum atomic E-state index is 12.2. The van der Waals surface area contributed by atoms with Gasteiger partial charge in [0.15, 0.2) is 0 Å². The van der Waals surface area contributed by atoms with Crippen molar-refractivity contribution in [3.05, 3.63) is 54.4 Å². The Labute approximate surface area is 172 Å². The van der Waals surface area contributed by atoms with E-state index in [1.165, 1.54) is 12.6 Å². The Morgan fingerprint density at radius 1 is 1.07 bits per heavy atom. The van der Waals surface area contributed by atoms with Crippen molar-refractivity contribution in [2.45, 2.75) is 19.9 Å². The molecule has 0 unspecified atom stereocenters. The third-order valence-electron chi connectivity index (χ3n) is 5.17. The van der Waals surface area contributed by atoms with Crippen LogP contribution in [0.15, 0.2) is 48.7 Å². The van der Waals surface area contributed by atoms with Gasteiger partial charge in [-0.05, 0) is 43.4 Å². The van der Waals surface area contributed by atoms with Crippen LogP contribution in [-0.2, 0) is 16.1 Å². The number of piperazine rings is 1. The number of hydrogen-bond acceptors (Lipinski definition) is 5. The molecule has 7 nitrogen and oxygen atoms in total. The summed E-state index contributed by atoms with van der Waals surface area (Å²) in [5.74, 6) is -0.175. The number of amides is 2. The molecule has 3 rings (SSSR count). The summed E-state index contributed by atoms with van der Waals surface area (Å²) < 4.78 is 0. The van der Waals surface area contributed by atoms with Crippen LogP contribution in [0.2, 0.25) is 0 Å². The van der Waals surface area contributed by atoms with E-state index in [0.29, 0.717) is 13.1 Å². The summed E-state index contributed by atoms with van der Waals surface area (Å²) in [5, 5.41) is 2.85. The normalized spacial score (nSPS) is 14.5. The number of anilines is 2. The summed E-state index contributed by atoms with van der Waals surface area (Å²) in [6.07, 6.45) is 1.94. The van der Waals surface area contributed by atoms with Crippen molar-refractivity contribution >= 4 is 23.2 Å². The summed E-state index contributed by atoms with van der Waals surface area (Å²) in [6, 6.07) is 13.6. The van der Waals surface area contributed by atoms with E-state index in [1.807, 2.05) is 30.3 Å². The number of nitrogens with zero attached hydrogens (tertiary/aromatic N) is 4. The first-order valence-electron chi connectivity index (χ1n) is 10.0. The smallest absolute Gasteiger partial charge is 0.223 e. The number of pyridine rings is 1. The number of benzene rings is 1. The molecule has 1 aliphatic rings. The Morgan fingerprint density at radius 2 is 1.79 bits per heavy atom. The van der Waals surface area contributed by atoms with Crippen LogP contribution in [0.5, 0.6) is 0 Å². The van der Waals surface area contributed by atoms with Gasteiger partial charge in [0.05, 0.1) is 12.2 Å². The van der Waals surface area contributed by atoms with Crippen LogP contribution in [-0.4, -0.2) is 61.5 Å². The van der Waals surface area contributed by atoms with Crippen molar-refractivity contribution in [3.8, 4) is 0 Å². The Kier molecular flexibility index (Phi) is 7.19. The van der Waals surface area contributed by atoms with Gasteiger partial charge >= 0.3 is 0 Å². The predicted molar refractivity (Wildman–Crippen MR) is 115 cm³/mol. The van der Waals surface area contributed by atoms with E-state index in [0.717, 1.165) is 37.6 Å². The number of likely N-dealkylation sites (N-methyl/N-ethyl adjacent to an activating group) is 1. The van der Waals surface area contributed by atoms with Gasteiger partial charge in [-0.2, -0.15) is 0 Å². The molecule has 29 heavy (non-hydrogen) atoms. The topological polar surface area (TPSA) is 68.8 Å². The third-order valence-corrected chi connectivity index (χ3v) is 5.17. The highest BCUT2D eigenvalue weighted by atomic mass is 16.2. The summed E-state index contributed by atoms with van der Waals surface area (Å²) in [4.78, 5) is 34.8. The largest absolute Gasteiger partial charge is 0.369 e. The fourth-order valence-corrected chi connectivity index (χ4v) is 3.37. The molecule has 1 aromatic carbocycles. The summed E-state index contributed by atoms with van der Waals surface area (Å²) in [5.41, 5.74) is 2.79. The van der Waals surface area contributed by atoms with Crippen LogP contribution >= 0.6 is 0 Å². The van der Waals surface area contributed by atoms with Crippen LogP contribution < -0.4 is 15.1 Å². The van der Waals surface area contributed by atoms with Crippen molar-refractivity contribution in [1.82, 2.24) is 15.2 Å². The van der Waals surface area contributed by atoms with Gasteiger partial charge in [-0.15, -0.1) is 0 Å². The molecule has 0 spiro atoms. The zero-order chi connectivity index (χ0) is 20.6. The SMILES string of the molecule is CC(=O)N(CCC(=O)NCc1ccccn1)c1ccc(N2CCN(C)CC2)cc1. The Bertz CT molecular complexity index is 802. The van der Waals surface area contributed by atoms with Crippen LogP contribution in [0.25, 0.3) is 0 Å². The van der Waals surface area contributed by atoms with Gasteiger partial charge in [-0.1, -0.05) is 6.07 Å². The number of rotatable bonds is 7. The highest BCUT2D eigenvalue weighted by molar-refractivity contribution is 5.92. The van der Waals surface area contributed by atoms with Crippen molar-refractivity contribution in [1.29, 1.82) is 0 Å². The molecule has 1 saturated heterocycles. The van der Waals surface area contributed by atoms with Gasteiger partial charge in [0.2, 0.25) is 11.8 Å². The summed E-state index contributed by atoms with van der Waals surface area (Å²) in [6.45, 7) is 6.37. The molecule has 2 aromatic rings. The molecule has 2 amide bonds. The van der Waals surface area contributed by atoms with Gasteiger partial charge < -0.3 is 20.0 Å². The average molecular weight is 396 g/mol. The summed E-state index contributed by atoms with van der Waals surface area (Å²) >= 11 is 0. The predicted octanol–water partition coefficient (Wildman–Crippen LogP) is 1.89. The molecular weight excluding hydrogens is 366 g/mol. The van der Waals surface area contributed by atoms with Crippen LogP contribution in [0.1, 0.15) is 19.0 Å². The van der Waals surface area contributed by atoms with Gasteiger partial charge in [0.25, 0.3) is 0 Å². The van der Waals surface area contributed by atoms with E-state index in [4.69, 9.17) is 0 Å². The Balaban J connectivity index is 1.53. The molecule has 1 aliphatic heterocycles. The van der Waals surface area contributed by atoms with Crippen molar-refractivity contribution < 1.29 is 9.59 Å². The fourth-order valence-electron chi connectivity index (χ4n) is 3.37. The fraction of sp³-hybridized carbons (Fsp3) is 0.409. The zero-order valence-electron chi connectivity index (χ0n) is 17.2. The molecule has 0 atom stereocenters. The second-order valence-electron chi connectivity index (χ2n) is 7.33. The number of aromatic nitrogens is 1. The maximum absolute atomic E-state index is 12.2. The lowest BCUT2D eigenvalue weighted by Gasteiger charge is -2.34. The molecule has 1 aromatic heterocycles. The quantitative estimate of drug-likeness (QED) is 0.775. The minimum Gasteiger partial charge on any atom is -0.369 e. The van der Waals surface area contributed by atoms with E-state index in [1.54, 1.807) is 11.1 Å². The number of nitrogens with one attached hydrogen (secondary N) is 1. The molecule has 0 aliphatic carbocycles. The third kappa shape index (κ3) is 6.02. The van der Waals surface area contributed by atoms with E-state index in [-0.39, 0.29) is 18.2 Å². The molecule has 0 radical (unpaired) electrons. The first kappa shape index (κ1) is 20.8. The lowest BCUT2D eigenvalue weighted by molar-refractivity contribution is -0.121. The van der Waals surface area contributed by atoms with Crippen LogP contribution in [0.4, 0.5) is 11.4 Å². The Morgan fingerprint density at radius 3 is 2.41 bits per heavy atom. The second-order valence-corrected chi connectivity index (χ2v) is 7.33. The standard InChI is InChI=1S/C22H29N5O2/c1-18(28)27(12-10-22(29)24-17-19-5-3-4-11-23-19)21-8-6-20(7-9-21)26-15-13-25(2)14-16-26/h3-9,11H,10,12-17H2,1-2H3,(H,24,29). The van der Waals surface area contributed by atoms with E-state index >= 15 is 0 Å². The van der Waals surface area contributed by atoms with Gasteiger partial charge in [-0.3, -0.25) is 14.6 Å². The van der Waals surface area contributed by atoms with E-state index < -0.39 is 0 Å². The number of carbonyl (C=O) groups excluding carboxylic acids is 2. The van der Waals surface area contributed by atoms with Crippen molar-refractivity contribution in [3.63, 3.8) is 0 Å².